The van der Waals surface area contributed by atoms with E-state index in [0.29, 0.717) is 23.7 Å². The number of fused-ring (bicyclic) bond motifs is 2. The smallest absolute Gasteiger partial charge is 0.184 e. The Balaban J connectivity index is 1.29. The number of hydrogen-bond acceptors (Lipinski definition) is 2. The standard InChI is InChI=1S/C25H23F4N3/c1-13(25-31-23-20(28)12-19(27)22(29)24(23)32-25)10-14-2-4-15(5-3-14)17-8-9-30-21-7-6-16(26)11-18(17)21/h6-9,11-15H,2-5,10H2,1H3,(H,31,32)/t13-,14-,15+/m1/s1. The van der Waals surface area contributed by atoms with Gasteiger partial charge in [-0.15, -0.1) is 0 Å². The van der Waals surface area contributed by atoms with E-state index in [2.05, 4.69) is 15.0 Å². The van der Waals surface area contributed by atoms with Crippen molar-refractivity contribution < 1.29 is 17.6 Å². The molecule has 0 amide bonds. The zero-order valence-electron chi connectivity index (χ0n) is 17.6. The number of benzene rings is 2. The summed E-state index contributed by atoms with van der Waals surface area (Å²) in [6.45, 7) is 1.97. The van der Waals surface area contributed by atoms with Crippen molar-refractivity contribution in [3.8, 4) is 0 Å². The number of aromatic nitrogens is 3. The first-order valence-corrected chi connectivity index (χ1v) is 11.0. The molecule has 1 atom stereocenters. The molecule has 2 heterocycles. The molecule has 0 unspecified atom stereocenters. The fourth-order valence-corrected chi connectivity index (χ4v) is 5.14. The van der Waals surface area contributed by atoms with Crippen LogP contribution in [0.5, 0.6) is 0 Å². The summed E-state index contributed by atoms with van der Waals surface area (Å²) in [5.74, 6) is -2.21. The average molecular weight is 441 g/mol. The molecule has 4 aromatic rings. The van der Waals surface area contributed by atoms with Crippen molar-refractivity contribution in [2.24, 2.45) is 5.92 Å². The fourth-order valence-electron chi connectivity index (χ4n) is 5.14. The second-order valence-corrected chi connectivity index (χ2v) is 8.92. The van der Waals surface area contributed by atoms with E-state index in [0.717, 1.165) is 48.6 Å². The fraction of sp³-hybridized carbons (Fsp3) is 0.360. The molecule has 1 aliphatic carbocycles. The van der Waals surface area contributed by atoms with Crippen LogP contribution in [-0.4, -0.2) is 15.0 Å². The molecule has 1 N–H and O–H groups in total. The second kappa shape index (κ2) is 8.19. The zero-order valence-corrected chi connectivity index (χ0v) is 17.6. The van der Waals surface area contributed by atoms with Gasteiger partial charge in [0.25, 0.3) is 0 Å². The molecule has 1 fully saturated rings. The highest BCUT2D eigenvalue weighted by atomic mass is 19.2. The molecule has 0 saturated heterocycles. The van der Waals surface area contributed by atoms with E-state index in [4.69, 9.17) is 0 Å². The van der Waals surface area contributed by atoms with Crippen molar-refractivity contribution in [1.82, 2.24) is 15.0 Å². The van der Waals surface area contributed by atoms with Gasteiger partial charge < -0.3 is 4.98 Å². The Bertz CT molecular complexity index is 1290. The summed E-state index contributed by atoms with van der Waals surface area (Å²) in [7, 11) is 0. The van der Waals surface area contributed by atoms with Gasteiger partial charge in [-0.05, 0) is 73.8 Å². The molecule has 166 valence electrons. The van der Waals surface area contributed by atoms with Crippen LogP contribution in [0.3, 0.4) is 0 Å². The third kappa shape index (κ3) is 3.74. The van der Waals surface area contributed by atoms with Crippen LogP contribution in [0.25, 0.3) is 21.9 Å². The van der Waals surface area contributed by atoms with Crippen LogP contribution in [0.1, 0.15) is 62.3 Å². The normalized spacial score (nSPS) is 20.2. The van der Waals surface area contributed by atoms with Crippen molar-refractivity contribution in [2.75, 3.05) is 0 Å². The van der Waals surface area contributed by atoms with Crippen LogP contribution in [0, 0.1) is 29.2 Å². The minimum Gasteiger partial charge on any atom is -0.339 e. The molecule has 7 heteroatoms. The molecule has 1 aliphatic rings. The minimum atomic E-state index is -1.22. The van der Waals surface area contributed by atoms with E-state index in [1.54, 1.807) is 18.3 Å². The van der Waals surface area contributed by atoms with Crippen LogP contribution >= 0.6 is 0 Å². The number of aromatic amines is 1. The number of H-pyrrole nitrogens is 1. The molecule has 2 aromatic carbocycles. The highest BCUT2D eigenvalue weighted by Gasteiger charge is 2.27. The summed E-state index contributed by atoms with van der Waals surface area (Å²) in [5, 5.41) is 0.878. The van der Waals surface area contributed by atoms with Gasteiger partial charge in [-0.25, -0.2) is 22.5 Å². The lowest BCUT2D eigenvalue weighted by atomic mass is 9.75. The van der Waals surface area contributed by atoms with E-state index >= 15 is 0 Å². The van der Waals surface area contributed by atoms with Crippen molar-refractivity contribution in [3.63, 3.8) is 0 Å². The highest BCUT2D eigenvalue weighted by molar-refractivity contribution is 5.82. The van der Waals surface area contributed by atoms with Crippen LogP contribution in [-0.2, 0) is 0 Å². The first kappa shape index (κ1) is 20.9. The summed E-state index contributed by atoms with van der Waals surface area (Å²) in [4.78, 5) is 11.3. The Morgan fingerprint density at radius 3 is 2.56 bits per heavy atom. The van der Waals surface area contributed by atoms with Crippen molar-refractivity contribution >= 4 is 21.9 Å². The van der Waals surface area contributed by atoms with Gasteiger partial charge in [0, 0.05) is 23.6 Å². The van der Waals surface area contributed by atoms with E-state index in [9.17, 15) is 17.6 Å². The van der Waals surface area contributed by atoms with Gasteiger partial charge in [-0.1, -0.05) is 6.92 Å². The monoisotopic (exact) mass is 441 g/mol. The Morgan fingerprint density at radius 1 is 1.00 bits per heavy atom. The number of imidazole rings is 1. The summed E-state index contributed by atoms with van der Waals surface area (Å²) in [5.41, 5.74) is 1.57. The highest BCUT2D eigenvalue weighted by Crippen LogP contribution is 2.41. The first-order valence-electron chi connectivity index (χ1n) is 11.0. The Labute approximate surface area is 182 Å². The van der Waals surface area contributed by atoms with Gasteiger partial charge in [0.2, 0.25) is 0 Å². The van der Waals surface area contributed by atoms with E-state index in [1.165, 1.54) is 6.07 Å². The lowest BCUT2D eigenvalue weighted by molar-refractivity contribution is 0.296. The molecule has 3 nitrogen and oxygen atoms in total. The molecular weight excluding hydrogens is 418 g/mol. The molecule has 5 rings (SSSR count). The predicted molar refractivity (Wildman–Crippen MR) is 115 cm³/mol. The van der Waals surface area contributed by atoms with Gasteiger partial charge in [-0.3, -0.25) is 4.98 Å². The van der Waals surface area contributed by atoms with Crippen molar-refractivity contribution in [1.29, 1.82) is 0 Å². The SMILES string of the molecule is C[C@H](C[C@H]1CC[C@@H](c2ccnc3ccc(F)cc32)CC1)c1nc2c(F)cc(F)c(F)c2[nH]1. The van der Waals surface area contributed by atoms with Crippen molar-refractivity contribution in [2.45, 2.75) is 50.9 Å². The number of rotatable bonds is 4. The van der Waals surface area contributed by atoms with Gasteiger partial charge in [0.05, 0.1) is 5.52 Å². The molecule has 0 radical (unpaired) electrons. The Hall–Kier alpha value is -2.96. The average Bonchev–Trinajstić information content (AvgIpc) is 3.24. The maximum Gasteiger partial charge on any atom is 0.184 e. The third-order valence-corrected chi connectivity index (χ3v) is 6.81. The topological polar surface area (TPSA) is 41.6 Å². The number of nitrogens with one attached hydrogen (secondary N) is 1. The summed E-state index contributed by atoms with van der Waals surface area (Å²) >= 11 is 0. The second-order valence-electron chi connectivity index (χ2n) is 8.92. The van der Waals surface area contributed by atoms with Gasteiger partial charge in [0.15, 0.2) is 17.5 Å². The molecule has 2 aromatic heterocycles. The van der Waals surface area contributed by atoms with Crippen LogP contribution in [0.15, 0.2) is 36.5 Å². The predicted octanol–water partition coefficient (Wildman–Crippen LogP) is 7.14. The number of halogens is 4. The molecule has 32 heavy (non-hydrogen) atoms. The Morgan fingerprint density at radius 2 is 1.78 bits per heavy atom. The lowest BCUT2D eigenvalue weighted by Gasteiger charge is -2.30. The maximum atomic E-state index is 14.0. The van der Waals surface area contributed by atoms with E-state index < -0.39 is 17.5 Å². The van der Waals surface area contributed by atoms with E-state index in [1.807, 2.05) is 13.0 Å². The lowest BCUT2D eigenvalue weighted by Crippen LogP contribution is -2.16. The molecule has 1 saturated carbocycles. The van der Waals surface area contributed by atoms with Crippen LogP contribution in [0.2, 0.25) is 0 Å². The maximum absolute atomic E-state index is 14.0. The number of nitrogens with zero attached hydrogens (tertiary/aromatic N) is 2. The quantitative estimate of drug-likeness (QED) is 0.270. The minimum absolute atomic E-state index is 0.0401. The zero-order chi connectivity index (χ0) is 22.4. The van der Waals surface area contributed by atoms with E-state index in [-0.39, 0.29) is 22.8 Å². The van der Waals surface area contributed by atoms with Gasteiger partial charge >= 0.3 is 0 Å². The van der Waals surface area contributed by atoms with Crippen LogP contribution < -0.4 is 0 Å². The van der Waals surface area contributed by atoms with Crippen LogP contribution in [0.4, 0.5) is 17.6 Å². The molecule has 0 spiro atoms. The van der Waals surface area contributed by atoms with Gasteiger partial charge in [0.1, 0.15) is 22.7 Å². The number of pyridine rings is 1. The first-order chi connectivity index (χ1) is 15.4. The largest absolute Gasteiger partial charge is 0.339 e. The molecular formula is C25H23F4N3. The van der Waals surface area contributed by atoms with Crippen molar-refractivity contribution in [3.05, 3.63) is 71.2 Å². The molecule has 0 aliphatic heterocycles. The summed E-state index contributed by atoms with van der Waals surface area (Å²) in [6.07, 6.45) is 6.59. The summed E-state index contributed by atoms with van der Waals surface area (Å²) < 4.78 is 55.3. The van der Waals surface area contributed by atoms with Gasteiger partial charge in [-0.2, -0.15) is 0 Å². The Kier molecular flexibility index (Phi) is 5.35. The third-order valence-electron chi connectivity index (χ3n) is 6.81. The molecule has 0 bridgehead atoms. The summed E-state index contributed by atoms with van der Waals surface area (Å²) in [6, 6.07) is 7.23. The number of hydrogen-bond donors (Lipinski definition) is 1.